The van der Waals surface area contributed by atoms with Crippen molar-refractivity contribution in [1.29, 1.82) is 0 Å². The Kier molecular flexibility index (Phi) is 4.62. The number of fused-ring (bicyclic) bond motifs is 3. The highest BCUT2D eigenvalue weighted by Crippen LogP contribution is 2.65. The molecule has 8 nitrogen and oxygen atoms in total. The van der Waals surface area contributed by atoms with Crippen molar-refractivity contribution in [2.24, 2.45) is 11.3 Å². The van der Waals surface area contributed by atoms with Crippen LogP contribution in [0.3, 0.4) is 0 Å². The molecule has 35 heavy (non-hydrogen) atoms. The maximum Gasteiger partial charge on any atom is 0.416 e. The molecule has 2 bridgehead atoms. The molecule has 3 heterocycles. The summed E-state index contributed by atoms with van der Waals surface area (Å²) >= 11 is 0. The molecule has 3 aromatic rings. The lowest BCUT2D eigenvalue weighted by Gasteiger charge is -2.61. The van der Waals surface area contributed by atoms with Crippen molar-refractivity contribution in [2.45, 2.75) is 64.8 Å². The maximum atomic E-state index is 13.3. The van der Waals surface area contributed by atoms with E-state index >= 15 is 0 Å². The molecular weight excluding hydrogens is 459 g/mol. The molecule has 3 fully saturated rings. The Morgan fingerprint density at radius 3 is 2.60 bits per heavy atom. The Balaban J connectivity index is 1.36. The van der Waals surface area contributed by atoms with E-state index in [1.807, 2.05) is 16.2 Å². The van der Waals surface area contributed by atoms with Gasteiger partial charge in [-0.1, -0.05) is 6.92 Å². The minimum absolute atomic E-state index is 0.0393. The number of amides is 1. The van der Waals surface area contributed by atoms with E-state index in [1.165, 1.54) is 6.07 Å². The Hall–Kier alpha value is -3.37. The average molecular weight is 486 g/mol. The van der Waals surface area contributed by atoms with Crippen LogP contribution in [0.25, 0.3) is 5.78 Å². The first-order valence-corrected chi connectivity index (χ1v) is 11.9. The van der Waals surface area contributed by atoms with E-state index in [0.717, 1.165) is 48.5 Å². The van der Waals surface area contributed by atoms with Crippen LogP contribution in [-0.2, 0) is 30.5 Å². The van der Waals surface area contributed by atoms with Crippen LogP contribution >= 0.6 is 0 Å². The molecule has 0 saturated heterocycles. The number of carbonyl (C=O) groups excluding carboxylic acids is 1. The van der Waals surface area contributed by atoms with Gasteiger partial charge in [0, 0.05) is 17.7 Å². The van der Waals surface area contributed by atoms with E-state index in [-0.39, 0.29) is 17.0 Å². The molecule has 7 rings (SSSR count). The van der Waals surface area contributed by atoms with Crippen LogP contribution in [0.5, 0.6) is 0 Å². The van der Waals surface area contributed by atoms with Gasteiger partial charge in [0.05, 0.1) is 35.8 Å². The highest BCUT2D eigenvalue weighted by molar-refractivity contribution is 5.86. The van der Waals surface area contributed by atoms with Crippen molar-refractivity contribution in [3.63, 3.8) is 0 Å². The molecule has 2 aromatic heterocycles. The summed E-state index contributed by atoms with van der Waals surface area (Å²) in [5.74, 6) is 2.53. The molecule has 3 N–H and O–H groups in total. The van der Waals surface area contributed by atoms with E-state index in [1.54, 1.807) is 6.92 Å². The number of halogens is 3. The van der Waals surface area contributed by atoms with Gasteiger partial charge in [-0.3, -0.25) is 9.20 Å². The number of nitrogens with zero attached hydrogens (tertiary/aromatic N) is 5. The van der Waals surface area contributed by atoms with Gasteiger partial charge in [-0.15, -0.1) is 10.2 Å². The predicted molar refractivity (Wildman–Crippen MR) is 122 cm³/mol. The summed E-state index contributed by atoms with van der Waals surface area (Å²) in [5, 5.41) is 11.7. The number of nitrogens with one attached hydrogen (secondary N) is 1. The van der Waals surface area contributed by atoms with Crippen molar-refractivity contribution in [2.75, 3.05) is 11.1 Å². The smallest absolute Gasteiger partial charge is 0.399 e. The molecule has 0 radical (unpaired) electrons. The highest BCUT2D eigenvalue weighted by Gasteiger charge is 2.62. The van der Waals surface area contributed by atoms with Crippen LogP contribution in [0, 0.1) is 11.3 Å². The number of hydrogen-bond donors (Lipinski definition) is 2. The topological polar surface area (TPSA) is 101 Å². The first kappa shape index (κ1) is 22.1. The van der Waals surface area contributed by atoms with Crippen LogP contribution in [0.4, 0.5) is 24.7 Å². The van der Waals surface area contributed by atoms with Gasteiger partial charge in [-0.2, -0.15) is 18.2 Å². The SMILES string of the molecule is CCc1nnc2nc(NC(C)c3cc(N)cc(C(F)(F)F)c3)c3c(n12)CN(C(=O)C12CC(C1)C2)C3. The van der Waals surface area contributed by atoms with Gasteiger partial charge in [0.15, 0.2) is 0 Å². The Labute approximate surface area is 199 Å². The van der Waals surface area contributed by atoms with Crippen molar-refractivity contribution >= 4 is 23.2 Å². The Morgan fingerprint density at radius 2 is 1.97 bits per heavy atom. The van der Waals surface area contributed by atoms with Crippen LogP contribution in [0.2, 0.25) is 0 Å². The van der Waals surface area contributed by atoms with E-state index in [9.17, 15) is 18.0 Å². The summed E-state index contributed by atoms with van der Waals surface area (Å²) in [5.41, 5.74) is 6.96. The Morgan fingerprint density at radius 1 is 1.23 bits per heavy atom. The fourth-order valence-corrected chi connectivity index (χ4v) is 5.80. The number of rotatable bonds is 5. The number of nitrogens with two attached hydrogens (primary N) is 1. The second kappa shape index (κ2) is 7.32. The first-order chi connectivity index (χ1) is 16.6. The zero-order valence-corrected chi connectivity index (χ0v) is 19.5. The van der Waals surface area contributed by atoms with Crippen molar-refractivity contribution < 1.29 is 18.0 Å². The number of nitrogen functional groups attached to an aromatic ring is 1. The summed E-state index contributed by atoms with van der Waals surface area (Å²) in [6.45, 7) is 4.57. The standard InChI is InChI=1S/C24H26F3N7O/c1-3-19-31-32-22-30-20(29-12(2)14-4-15(24(25,26)27)6-16(28)5-14)17-10-33(11-18(17)34(19)22)21(35)23-7-13(8-23)9-23/h4-6,12-13H,3,7-11,28H2,1-2H3,(H,29,30,32). The molecule has 1 aromatic carbocycles. The fourth-order valence-electron chi connectivity index (χ4n) is 5.80. The summed E-state index contributed by atoms with van der Waals surface area (Å²) in [4.78, 5) is 19.9. The summed E-state index contributed by atoms with van der Waals surface area (Å²) in [7, 11) is 0. The number of anilines is 2. The number of aromatic nitrogens is 4. The molecule has 3 aliphatic carbocycles. The second-order valence-corrected chi connectivity index (χ2v) is 10.2. The lowest BCUT2D eigenvalue weighted by atomic mass is 9.44. The third-order valence-corrected chi connectivity index (χ3v) is 7.77. The van der Waals surface area contributed by atoms with Crippen LogP contribution in [0.15, 0.2) is 18.2 Å². The van der Waals surface area contributed by atoms with Crippen LogP contribution in [0.1, 0.15) is 67.4 Å². The largest absolute Gasteiger partial charge is 0.416 e. The molecular formula is C24H26F3N7O. The molecule has 184 valence electrons. The molecule has 0 spiro atoms. The van der Waals surface area contributed by atoms with Crippen molar-refractivity contribution in [3.05, 3.63) is 46.4 Å². The van der Waals surface area contributed by atoms with Gasteiger partial charge in [0.1, 0.15) is 11.6 Å². The molecule has 1 atom stereocenters. The number of aryl methyl sites for hydroxylation is 1. The number of hydrogen-bond acceptors (Lipinski definition) is 6. The number of alkyl halides is 3. The van der Waals surface area contributed by atoms with E-state index < -0.39 is 17.8 Å². The van der Waals surface area contributed by atoms with E-state index in [4.69, 9.17) is 5.73 Å². The number of carbonyl (C=O) groups is 1. The van der Waals surface area contributed by atoms with Gasteiger partial charge < -0.3 is 16.0 Å². The second-order valence-electron chi connectivity index (χ2n) is 10.2. The van der Waals surface area contributed by atoms with E-state index in [0.29, 0.717) is 42.6 Å². The minimum atomic E-state index is -4.50. The number of benzene rings is 1. The summed E-state index contributed by atoms with van der Waals surface area (Å²) in [6.07, 6.45) is -0.931. The quantitative estimate of drug-likeness (QED) is 0.528. The third-order valence-electron chi connectivity index (χ3n) is 7.77. The molecule has 4 aliphatic rings. The first-order valence-electron chi connectivity index (χ1n) is 11.9. The Bertz CT molecular complexity index is 1350. The van der Waals surface area contributed by atoms with Gasteiger partial charge in [0.25, 0.3) is 5.78 Å². The normalized spacial score (nSPS) is 23.6. The molecule has 3 saturated carbocycles. The molecule has 1 amide bonds. The van der Waals surface area contributed by atoms with Crippen molar-refractivity contribution in [1.82, 2.24) is 24.5 Å². The third kappa shape index (κ3) is 3.35. The lowest BCUT2D eigenvalue weighted by Crippen LogP contribution is -2.60. The predicted octanol–water partition coefficient (Wildman–Crippen LogP) is 4.10. The van der Waals surface area contributed by atoms with Crippen molar-refractivity contribution in [3.8, 4) is 0 Å². The summed E-state index contributed by atoms with van der Waals surface area (Å²) in [6, 6.07) is 3.03. The van der Waals surface area contributed by atoms with Gasteiger partial charge >= 0.3 is 6.18 Å². The van der Waals surface area contributed by atoms with Crippen LogP contribution in [-0.4, -0.2) is 30.4 Å². The zero-order valence-electron chi connectivity index (χ0n) is 19.5. The van der Waals surface area contributed by atoms with Gasteiger partial charge in [-0.05, 0) is 55.9 Å². The summed E-state index contributed by atoms with van der Waals surface area (Å²) < 4.78 is 41.9. The monoisotopic (exact) mass is 485 g/mol. The minimum Gasteiger partial charge on any atom is -0.399 e. The fraction of sp³-hybridized carbons (Fsp3) is 0.500. The van der Waals surface area contributed by atoms with E-state index in [2.05, 4.69) is 20.5 Å². The van der Waals surface area contributed by atoms with Gasteiger partial charge in [-0.25, -0.2) is 0 Å². The molecule has 1 aliphatic heterocycles. The zero-order chi connectivity index (χ0) is 24.7. The maximum absolute atomic E-state index is 13.3. The highest BCUT2D eigenvalue weighted by atomic mass is 19.4. The van der Waals surface area contributed by atoms with Gasteiger partial charge in [0.2, 0.25) is 5.91 Å². The molecule has 11 heteroatoms. The lowest BCUT2D eigenvalue weighted by molar-refractivity contribution is -0.177. The van der Waals surface area contributed by atoms with Crippen LogP contribution < -0.4 is 11.1 Å². The average Bonchev–Trinajstić information content (AvgIpc) is 3.34. The molecule has 1 unspecified atom stereocenters.